The number of benzene rings is 1. The molecule has 2 N–H and O–H groups in total. The SMILES string of the molecule is CCCCCCCCCC(=O)OCc1ccc(O)c(O)c1. The van der Waals surface area contributed by atoms with Gasteiger partial charge in [-0.2, -0.15) is 0 Å². The van der Waals surface area contributed by atoms with Crippen LogP contribution in [0.25, 0.3) is 0 Å². The van der Waals surface area contributed by atoms with Gasteiger partial charge >= 0.3 is 5.97 Å². The Morgan fingerprint density at radius 2 is 1.67 bits per heavy atom. The first-order valence-electron chi connectivity index (χ1n) is 7.80. The Balaban J connectivity index is 2.09. The molecule has 0 heterocycles. The molecule has 118 valence electrons. The fraction of sp³-hybridized carbons (Fsp3) is 0.588. The van der Waals surface area contributed by atoms with E-state index in [1.165, 1.54) is 44.2 Å². The zero-order chi connectivity index (χ0) is 15.5. The number of carbonyl (C=O) groups is 1. The fourth-order valence-corrected chi connectivity index (χ4v) is 2.12. The van der Waals surface area contributed by atoms with Crippen LogP contribution in [-0.4, -0.2) is 16.2 Å². The summed E-state index contributed by atoms with van der Waals surface area (Å²) in [5, 5.41) is 18.5. The maximum absolute atomic E-state index is 11.6. The van der Waals surface area contributed by atoms with Crippen LogP contribution in [0.2, 0.25) is 0 Å². The molecule has 0 aliphatic rings. The predicted octanol–water partition coefficient (Wildman–Crippen LogP) is 4.28. The minimum absolute atomic E-state index is 0.128. The van der Waals surface area contributed by atoms with E-state index < -0.39 is 0 Å². The van der Waals surface area contributed by atoms with Gasteiger partial charge in [0, 0.05) is 6.42 Å². The molecule has 0 aromatic heterocycles. The fourth-order valence-electron chi connectivity index (χ4n) is 2.12. The van der Waals surface area contributed by atoms with Gasteiger partial charge in [-0.3, -0.25) is 4.79 Å². The van der Waals surface area contributed by atoms with E-state index in [0.717, 1.165) is 12.8 Å². The second-order valence-electron chi connectivity index (χ2n) is 5.36. The lowest BCUT2D eigenvalue weighted by molar-refractivity contribution is -0.145. The Morgan fingerprint density at radius 1 is 1.00 bits per heavy atom. The number of hydrogen-bond acceptors (Lipinski definition) is 4. The standard InChI is InChI=1S/C17H26O4/c1-2-3-4-5-6-7-8-9-17(20)21-13-14-10-11-15(18)16(19)12-14/h10-12,18-19H,2-9,13H2,1H3. The van der Waals surface area contributed by atoms with Gasteiger partial charge in [-0.25, -0.2) is 0 Å². The van der Waals surface area contributed by atoms with E-state index in [4.69, 9.17) is 4.74 Å². The summed E-state index contributed by atoms with van der Waals surface area (Å²) in [7, 11) is 0. The van der Waals surface area contributed by atoms with Gasteiger partial charge in [0.15, 0.2) is 11.5 Å². The van der Waals surface area contributed by atoms with Crippen LogP contribution in [0.5, 0.6) is 11.5 Å². The van der Waals surface area contributed by atoms with Gasteiger partial charge < -0.3 is 14.9 Å². The molecular weight excluding hydrogens is 268 g/mol. The highest BCUT2D eigenvalue weighted by Gasteiger charge is 2.05. The normalized spacial score (nSPS) is 10.5. The predicted molar refractivity (Wildman–Crippen MR) is 82.2 cm³/mol. The highest BCUT2D eigenvalue weighted by molar-refractivity contribution is 5.69. The molecule has 21 heavy (non-hydrogen) atoms. The molecule has 0 spiro atoms. The summed E-state index contributed by atoms with van der Waals surface area (Å²) in [6.07, 6.45) is 8.63. The largest absolute Gasteiger partial charge is 0.504 e. The van der Waals surface area contributed by atoms with Crippen molar-refractivity contribution < 1.29 is 19.7 Å². The molecule has 4 nitrogen and oxygen atoms in total. The molecule has 0 aliphatic heterocycles. The molecule has 0 aliphatic carbocycles. The van der Waals surface area contributed by atoms with Crippen LogP contribution in [0, 0.1) is 0 Å². The van der Waals surface area contributed by atoms with Crippen LogP contribution in [0.1, 0.15) is 63.9 Å². The van der Waals surface area contributed by atoms with Crippen molar-refractivity contribution in [2.75, 3.05) is 0 Å². The van der Waals surface area contributed by atoms with Gasteiger partial charge in [0.1, 0.15) is 6.61 Å². The lowest BCUT2D eigenvalue weighted by Crippen LogP contribution is -2.04. The van der Waals surface area contributed by atoms with Crippen molar-refractivity contribution in [3.8, 4) is 11.5 Å². The van der Waals surface area contributed by atoms with Crippen LogP contribution in [0.15, 0.2) is 18.2 Å². The van der Waals surface area contributed by atoms with Crippen molar-refractivity contribution in [2.24, 2.45) is 0 Å². The lowest BCUT2D eigenvalue weighted by Gasteiger charge is -2.06. The third-order valence-corrected chi connectivity index (χ3v) is 3.42. The Labute approximate surface area is 126 Å². The Bertz CT molecular complexity index is 429. The molecule has 0 unspecified atom stereocenters. The number of hydrogen-bond donors (Lipinski definition) is 2. The van der Waals surface area contributed by atoms with Gasteiger partial charge in [0.05, 0.1) is 0 Å². The molecule has 0 amide bonds. The van der Waals surface area contributed by atoms with Crippen LogP contribution < -0.4 is 0 Å². The Hall–Kier alpha value is -1.71. The Kier molecular flexibility index (Phi) is 8.32. The third-order valence-electron chi connectivity index (χ3n) is 3.42. The minimum Gasteiger partial charge on any atom is -0.504 e. The van der Waals surface area contributed by atoms with Crippen molar-refractivity contribution in [3.63, 3.8) is 0 Å². The maximum Gasteiger partial charge on any atom is 0.306 e. The molecule has 1 aromatic rings. The minimum atomic E-state index is -0.212. The van der Waals surface area contributed by atoms with E-state index in [0.29, 0.717) is 12.0 Å². The average molecular weight is 294 g/mol. The molecular formula is C17H26O4. The van der Waals surface area contributed by atoms with E-state index in [1.807, 2.05) is 0 Å². The van der Waals surface area contributed by atoms with E-state index in [-0.39, 0.29) is 24.1 Å². The first kappa shape index (κ1) is 17.3. The van der Waals surface area contributed by atoms with E-state index >= 15 is 0 Å². The number of ether oxygens (including phenoxy) is 1. The number of aromatic hydroxyl groups is 2. The van der Waals surface area contributed by atoms with E-state index in [9.17, 15) is 15.0 Å². The summed E-state index contributed by atoms with van der Waals surface area (Å²) in [4.78, 5) is 11.6. The van der Waals surface area contributed by atoms with Gasteiger partial charge in [0.25, 0.3) is 0 Å². The maximum atomic E-state index is 11.6. The van der Waals surface area contributed by atoms with Gasteiger partial charge in [-0.05, 0) is 24.1 Å². The van der Waals surface area contributed by atoms with Crippen molar-refractivity contribution in [1.29, 1.82) is 0 Å². The van der Waals surface area contributed by atoms with Gasteiger partial charge in [-0.15, -0.1) is 0 Å². The number of phenolic OH excluding ortho intramolecular Hbond substituents is 2. The van der Waals surface area contributed by atoms with Crippen molar-refractivity contribution in [1.82, 2.24) is 0 Å². The smallest absolute Gasteiger partial charge is 0.306 e. The summed E-state index contributed by atoms with van der Waals surface area (Å²) < 4.78 is 5.14. The first-order valence-corrected chi connectivity index (χ1v) is 7.80. The Morgan fingerprint density at radius 3 is 2.33 bits per heavy atom. The van der Waals surface area contributed by atoms with E-state index in [1.54, 1.807) is 6.07 Å². The second-order valence-corrected chi connectivity index (χ2v) is 5.36. The monoisotopic (exact) mass is 294 g/mol. The summed E-state index contributed by atoms with van der Waals surface area (Å²) in [5.74, 6) is -0.583. The van der Waals surface area contributed by atoms with Crippen LogP contribution >= 0.6 is 0 Å². The zero-order valence-electron chi connectivity index (χ0n) is 12.8. The molecule has 1 rings (SSSR count). The van der Waals surface area contributed by atoms with Gasteiger partial charge in [-0.1, -0.05) is 51.5 Å². The quantitative estimate of drug-likeness (QED) is 0.384. The molecule has 0 bridgehead atoms. The summed E-state index contributed by atoms with van der Waals surface area (Å²) in [6.45, 7) is 2.33. The van der Waals surface area contributed by atoms with Gasteiger partial charge in [0.2, 0.25) is 0 Å². The number of rotatable bonds is 10. The van der Waals surface area contributed by atoms with Crippen LogP contribution in [-0.2, 0) is 16.1 Å². The third kappa shape index (κ3) is 7.59. The average Bonchev–Trinajstić information content (AvgIpc) is 2.47. The van der Waals surface area contributed by atoms with E-state index in [2.05, 4.69) is 6.92 Å². The first-order chi connectivity index (χ1) is 10.1. The summed E-state index contributed by atoms with van der Waals surface area (Å²) in [5.41, 5.74) is 0.665. The highest BCUT2D eigenvalue weighted by atomic mass is 16.5. The lowest BCUT2D eigenvalue weighted by atomic mass is 10.1. The second kappa shape index (κ2) is 10.1. The topological polar surface area (TPSA) is 66.8 Å². The van der Waals surface area contributed by atoms with Crippen LogP contribution in [0.3, 0.4) is 0 Å². The number of phenols is 2. The van der Waals surface area contributed by atoms with Crippen molar-refractivity contribution >= 4 is 5.97 Å². The van der Waals surface area contributed by atoms with Crippen molar-refractivity contribution in [3.05, 3.63) is 23.8 Å². The molecule has 0 radical (unpaired) electrons. The highest BCUT2D eigenvalue weighted by Crippen LogP contribution is 2.25. The summed E-state index contributed by atoms with van der Waals surface area (Å²) in [6, 6.07) is 4.40. The summed E-state index contributed by atoms with van der Waals surface area (Å²) >= 11 is 0. The zero-order valence-corrected chi connectivity index (χ0v) is 12.8. The van der Waals surface area contributed by atoms with Crippen LogP contribution in [0.4, 0.5) is 0 Å². The molecule has 0 fully saturated rings. The number of carbonyl (C=O) groups excluding carboxylic acids is 1. The molecule has 1 aromatic carbocycles. The molecule has 4 heteroatoms. The number of esters is 1. The molecule has 0 saturated heterocycles. The molecule has 0 atom stereocenters. The van der Waals surface area contributed by atoms with Crippen molar-refractivity contribution in [2.45, 2.75) is 64.9 Å². The molecule has 0 saturated carbocycles. The number of unbranched alkanes of at least 4 members (excludes halogenated alkanes) is 6.